The Morgan fingerprint density at radius 3 is 2.13 bits per heavy atom. The molecule has 84 valence electrons. The van der Waals surface area contributed by atoms with Crippen LogP contribution < -0.4 is 10.5 Å². The van der Waals surface area contributed by atoms with Crippen LogP contribution in [0.5, 0.6) is 0 Å². The van der Waals surface area contributed by atoms with Gasteiger partial charge in [-0.15, -0.1) is 10.2 Å². The molecule has 0 radical (unpaired) electrons. The molecule has 0 aliphatic carbocycles. The van der Waals surface area contributed by atoms with E-state index < -0.39 is 0 Å². The lowest BCUT2D eigenvalue weighted by Gasteiger charge is -2.19. The molecule has 0 amide bonds. The van der Waals surface area contributed by atoms with Gasteiger partial charge in [-0.05, 0) is 0 Å². The second-order valence-corrected chi connectivity index (χ2v) is 4.86. The normalized spacial score (nSPS) is 11.6. The van der Waals surface area contributed by atoms with Crippen molar-refractivity contribution in [1.82, 2.24) is 14.8 Å². The monoisotopic (exact) mass is 210 g/mol. The van der Waals surface area contributed by atoms with Gasteiger partial charge >= 0.3 is 0 Å². The Kier molecular flexibility index (Phi) is 2.83. The van der Waals surface area contributed by atoms with Crippen LogP contribution in [0.15, 0.2) is 4.79 Å². The summed E-state index contributed by atoms with van der Waals surface area (Å²) in [5.41, 5.74) is 0.143. The summed E-state index contributed by atoms with van der Waals surface area (Å²) in [6.07, 6.45) is 0. The highest BCUT2D eigenvalue weighted by Gasteiger charge is 2.22. The molecule has 0 fully saturated rings. The summed E-state index contributed by atoms with van der Waals surface area (Å²) in [4.78, 5) is 13.7. The second kappa shape index (κ2) is 3.64. The van der Waals surface area contributed by atoms with Crippen LogP contribution in [0.25, 0.3) is 0 Å². The third kappa shape index (κ3) is 2.16. The Morgan fingerprint density at radius 2 is 1.73 bits per heavy atom. The lowest BCUT2D eigenvalue weighted by Crippen LogP contribution is -2.34. The van der Waals surface area contributed by atoms with E-state index in [0.717, 1.165) is 0 Å². The summed E-state index contributed by atoms with van der Waals surface area (Å²) in [5.74, 6) is 0.563. The highest BCUT2D eigenvalue weighted by atomic mass is 16.1. The maximum absolute atomic E-state index is 12.0. The molecule has 0 saturated heterocycles. The highest BCUT2D eigenvalue weighted by molar-refractivity contribution is 5.27. The van der Waals surface area contributed by atoms with Crippen LogP contribution in [0.2, 0.25) is 0 Å². The Balaban J connectivity index is 3.42. The molecule has 1 rings (SSSR count). The minimum Gasteiger partial charge on any atom is -0.347 e. The first-order valence-electron chi connectivity index (χ1n) is 4.86. The molecule has 0 saturated carbocycles. The average Bonchev–Trinajstić information content (AvgIpc) is 2.06. The SMILES string of the molecule is CN(C)c1nnc(C(C)(C)C)c(=O)n1C. The molecule has 1 heterocycles. The first kappa shape index (κ1) is 11.7. The van der Waals surface area contributed by atoms with E-state index in [1.54, 1.807) is 11.9 Å². The molecule has 0 atom stereocenters. The fourth-order valence-corrected chi connectivity index (χ4v) is 1.31. The molecular formula is C10H18N4O. The first-order valence-corrected chi connectivity index (χ1v) is 4.86. The van der Waals surface area contributed by atoms with Gasteiger partial charge in [0, 0.05) is 26.6 Å². The largest absolute Gasteiger partial charge is 0.347 e. The molecule has 1 aromatic rings. The summed E-state index contributed by atoms with van der Waals surface area (Å²) in [6.45, 7) is 5.86. The standard InChI is InChI=1S/C10H18N4O/c1-10(2,3)7-8(15)14(6)9(12-11-7)13(4)5/h1-6H3. The van der Waals surface area contributed by atoms with Crippen LogP contribution in [0.1, 0.15) is 26.5 Å². The fourth-order valence-electron chi connectivity index (χ4n) is 1.31. The van der Waals surface area contributed by atoms with E-state index in [0.29, 0.717) is 11.6 Å². The zero-order valence-electron chi connectivity index (χ0n) is 10.2. The average molecular weight is 210 g/mol. The zero-order valence-corrected chi connectivity index (χ0v) is 10.2. The molecule has 0 aromatic carbocycles. The van der Waals surface area contributed by atoms with E-state index >= 15 is 0 Å². The van der Waals surface area contributed by atoms with Gasteiger partial charge in [-0.25, -0.2) is 0 Å². The zero-order chi connectivity index (χ0) is 11.8. The molecule has 0 aliphatic rings. The fraction of sp³-hybridized carbons (Fsp3) is 0.700. The third-order valence-corrected chi connectivity index (χ3v) is 2.16. The van der Waals surface area contributed by atoms with Gasteiger partial charge in [0.2, 0.25) is 5.95 Å². The predicted molar refractivity (Wildman–Crippen MR) is 60.3 cm³/mol. The molecule has 15 heavy (non-hydrogen) atoms. The molecule has 0 N–H and O–H groups in total. The van der Waals surface area contributed by atoms with E-state index in [1.807, 2.05) is 34.9 Å². The number of rotatable bonds is 1. The van der Waals surface area contributed by atoms with E-state index in [-0.39, 0.29) is 11.0 Å². The van der Waals surface area contributed by atoms with Crippen molar-refractivity contribution in [1.29, 1.82) is 0 Å². The van der Waals surface area contributed by atoms with Crippen molar-refractivity contribution in [2.24, 2.45) is 7.05 Å². The van der Waals surface area contributed by atoms with Crippen molar-refractivity contribution in [3.8, 4) is 0 Å². The topological polar surface area (TPSA) is 51.0 Å². The molecule has 5 nitrogen and oxygen atoms in total. The van der Waals surface area contributed by atoms with Crippen LogP contribution in [0.4, 0.5) is 5.95 Å². The number of nitrogens with zero attached hydrogens (tertiary/aromatic N) is 4. The van der Waals surface area contributed by atoms with Gasteiger partial charge in [-0.1, -0.05) is 20.8 Å². The van der Waals surface area contributed by atoms with Crippen molar-refractivity contribution in [3.05, 3.63) is 16.0 Å². The van der Waals surface area contributed by atoms with Gasteiger partial charge < -0.3 is 4.90 Å². The summed E-state index contributed by atoms with van der Waals surface area (Å²) in [5, 5.41) is 8.05. The van der Waals surface area contributed by atoms with Crippen LogP contribution in [0.3, 0.4) is 0 Å². The van der Waals surface area contributed by atoms with Crippen LogP contribution >= 0.6 is 0 Å². The minimum absolute atomic E-state index is 0.0822. The highest BCUT2D eigenvalue weighted by Crippen LogP contribution is 2.16. The summed E-state index contributed by atoms with van der Waals surface area (Å²) in [6, 6.07) is 0. The first-order chi connectivity index (χ1) is 6.75. The van der Waals surface area contributed by atoms with Crippen LogP contribution in [-0.2, 0) is 12.5 Å². The van der Waals surface area contributed by atoms with Crippen molar-refractivity contribution in [2.45, 2.75) is 26.2 Å². The van der Waals surface area contributed by atoms with Crippen molar-refractivity contribution < 1.29 is 0 Å². The molecule has 5 heteroatoms. The molecule has 0 unspecified atom stereocenters. The van der Waals surface area contributed by atoms with Gasteiger partial charge in [0.1, 0.15) is 5.69 Å². The van der Waals surface area contributed by atoms with E-state index in [9.17, 15) is 4.79 Å². The summed E-state index contributed by atoms with van der Waals surface area (Å²) >= 11 is 0. The smallest absolute Gasteiger partial charge is 0.277 e. The molecule has 0 spiro atoms. The Bertz CT molecular complexity index is 414. The molecular weight excluding hydrogens is 192 g/mol. The summed E-state index contributed by atoms with van der Waals surface area (Å²) in [7, 11) is 5.38. The lowest BCUT2D eigenvalue weighted by atomic mass is 9.93. The van der Waals surface area contributed by atoms with E-state index in [1.165, 1.54) is 4.57 Å². The van der Waals surface area contributed by atoms with Crippen LogP contribution in [-0.4, -0.2) is 28.9 Å². The van der Waals surface area contributed by atoms with Gasteiger partial charge in [-0.3, -0.25) is 9.36 Å². The molecule has 0 aliphatic heterocycles. The number of aromatic nitrogens is 3. The quantitative estimate of drug-likeness (QED) is 0.679. The Morgan fingerprint density at radius 1 is 1.20 bits per heavy atom. The van der Waals surface area contributed by atoms with Crippen molar-refractivity contribution in [2.75, 3.05) is 19.0 Å². The maximum Gasteiger partial charge on any atom is 0.277 e. The van der Waals surface area contributed by atoms with Gasteiger partial charge in [0.05, 0.1) is 0 Å². The molecule has 0 bridgehead atoms. The third-order valence-electron chi connectivity index (χ3n) is 2.16. The number of hydrogen-bond donors (Lipinski definition) is 0. The Hall–Kier alpha value is -1.39. The van der Waals surface area contributed by atoms with Gasteiger partial charge in [0.15, 0.2) is 0 Å². The number of anilines is 1. The lowest BCUT2D eigenvalue weighted by molar-refractivity contribution is 0.533. The van der Waals surface area contributed by atoms with E-state index in [2.05, 4.69) is 10.2 Å². The van der Waals surface area contributed by atoms with Crippen molar-refractivity contribution >= 4 is 5.95 Å². The van der Waals surface area contributed by atoms with E-state index in [4.69, 9.17) is 0 Å². The number of hydrogen-bond acceptors (Lipinski definition) is 4. The predicted octanol–water partition coefficient (Wildman–Crippen LogP) is 0.539. The minimum atomic E-state index is -0.271. The Labute approximate surface area is 89.7 Å². The summed E-state index contributed by atoms with van der Waals surface area (Å²) < 4.78 is 1.52. The maximum atomic E-state index is 12.0. The van der Waals surface area contributed by atoms with Gasteiger partial charge in [0.25, 0.3) is 5.56 Å². The van der Waals surface area contributed by atoms with Crippen molar-refractivity contribution in [3.63, 3.8) is 0 Å². The molecule has 1 aromatic heterocycles. The second-order valence-electron chi connectivity index (χ2n) is 4.86. The van der Waals surface area contributed by atoms with Crippen LogP contribution in [0, 0.1) is 0 Å². The van der Waals surface area contributed by atoms with Gasteiger partial charge in [-0.2, -0.15) is 0 Å².